The highest BCUT2D eigenvalue weighted by atomic mass is 16.1. The Labute approximate surface area is 81.6 Å². The van der Waals surface area contributed by atoms with Gasteiger partial charge in [0.25, 0.3) is 5.56 Å². The molecular weight excluding hydrogens is 178 g/mol. The molecule has 0 atom stereocenters. The summed E-state index contributed by atoms with van der Waals surface area (Å²) in [5.41, 5.74) is 2.67. The molecule has 0 unspecified atom stereocenters. The van der Waals surface area contributed by atoms with Crippen LogP contribution in [0.3, 0.4) is 0 Å². The molecule has 0 saturated heterocycles. The van der Waals surface area contributed by atoms with Gasteiger partial charge >= 0.3 is 0 Å². The minimum Gasteiger partial charge on any atom is -0.343 e. The summed E-state index contributed by atoms with van der Waals surface area (Å²) in [7, 11) is 0. The largest absolute Gasteiger partial charge is 0.343 e. The fraction of sp³-hybridized carbons (Fsp3) is 0.400. The predicted molar refractivity (Wildman–Crippen MR) is 54.6 cm³/mol. The third kappa shape index (κ3) is 1.23. The van der Waals surface area contributed by atoms with Gasteiger partial charge in [0, 0.05) is 17.3 Å². The van der Waals surface area contributed by atoms with E-state index in [0.29, 0.717) is 5.92 Å². The molecule has 0 aliphatic carbocycles. The Hall–Kier alpha value is -1.58. The lowest BCUT2D eigenvalue weighted by Gasteiger charge is -2.02. The normalized spacial score (nSPS) is 11.4. The summed E-state index contributed by atoms with van der Waals surface area (Å²) in [5, 5.41) is 4.05. The van der Waals surface area contributed by atoms with Gasteiger partial charge < -0.3 is 4.98 Å². The fourth-order valence-electron chi connectivity index (χ4n) is 1.55. The van der Waals surface area contributed by atoms with Gasteiger partial charge in [0.15, 0.2) is 0 Å². The van der Waals surface area contributed by atoms with Crippen molar-refractivity contribution in [3.63, 3.8) is 0 Å². The Bertz CT molecular complexity index is 522. The zero-order valence-electron chi connectivity index (χ0n) is 8.53. The quantitative estimate of drug-likeness (QED) is 0.741. The fourth-order valence-corrected chi connectivity index (χ4v) is 1.55. The number of aromatic nitrogens is 3. The van der Waals surface area contributed by atoms with E-state index in [2.05, 4.69) is 23.9 Å². The minimum absolute atomic E-state index is 0.0804. The zero-order valence-corrected chi connectivity index (χ0v) is 8.53. The maximum Gasteiger partial charge on any atom is 0.274 e. The van der Waals surface area contributed by atoms with E-state index >= 15 is 0 Å². The standard InChI is InChI=1S/C10H13N3O/c1-6(2)8-5-11-13-9(14)4-7(3)12-10(8)13/h4-6,12H,1-3H3. The summed E-state index contributed by atoms with van der Waals surface area (Å²) in [6.07, 6.45) is 1.75. The van der Waals surface area contributed by atoms with Gasteiger partial charge in [-0.05, 0) is 12.8 Å². The van der Waals surface area contributed by atoms with Gasteiger partial charge in [-0.2, -0.15) is 9.61 Å². The Morgan fingerprint density at radius 1 is 1.50 bits per heavy atom. The molecule has 2 aromatic rings. The highest BCUT2D eigenvalue weighted by Gasteiger charge is 2.09. The summed E-state index contributed by atoms with van der Waals surface area (Å²) in [6, 6.07) is 1.55. The number of nitrogens with one attached hydrogen (secondary N) is 1. The molecule has 0 spiro atoms. The van der Waals surface area contributed by atoms with Crippen LogP contribution in [0.25, 0.3) is 5.65 Å². The maximum atomic E-state index is 11.5. The van der Waals surface area contributed by atoms with Gasteiger partial charge in [0.2, 0.25) is 0 Å². The van der Waals surface area contributed by atoms with Crippen LogP contribution in [0.15, 0.2) is 17.1 Å². The van der Waals surface area contributed by atoms with Crippen LogP contribution in [0.5, 0.6) is 0 Å². The van der Waals surface area contributed by atoms with Crippen LogP contribution in [0.4, 0.5) is 0 Å². The first-order chi connectivity index (χ1) is 6.59. The van der Waals surface area contributed by atoms with Crippen molar-refractivity contribution in [3.05, 3.63) is 33.9 Å². The minimum atomic E-state index is -0.0804. The number of rotatable bonds is 1. The van der Waals surface area contributed by atoms with Gasteiger partial charge in [0.1, 0.15) is 5.65 Å². The van der Waals surface area contributed by atoms with Crippen LogP contribution in [0.1, 0.15) is 31.0 Å². The summed E-state index contributed by atoms with van der Waals surface area (Å²) in [4.78, 5) is 14.7. The Kier molecular flexibility index (Phi) is 1.91. The Morgan fingerprint density at radius 3 is 2.86 bits per heavy atom. The lowest BCUT2D eigenvalue weighted by Crippen LogP contribution is -2.14. The molecule has 0 aromatic carbocycles. The van der Waals surface area contributed by atoms with Gasteiger partial charge in [-0.25, -0.2) is 0 Å². The highest BCUT2D eigenvalue weighted by Crippen LogP contribution is 2.17. The van der Waals surface area contributed by atoms with Crippen LogP contribution in [0.2, 0.25) is 0 Å². The van der Waals surface area contributed by atoms with E-state index in [0.717, 1.165) is 16.9 Å². The van der Waals surface area contributed by atoms with Crippen molar-refractivity contribution in [2.24, 2.45) is 0 Å². The summed E-state index contributed by atoms with van der Waals surface area (Å²) >= 11 is 0. The Morgan fingerprint density at radius 2 is 2.21 bits per heavy atom. The number of aromatic amines is 1. The topological polar surface area (TPSA) is 50.2 Å². The summed E-state index contributed by atoms with van der Waals surface area (Å²) in [6.45, 7) is 6.04. The van der Waals surface area contributed by atoms with E-state index in [-0.39, 0.29) is 5.56 Å². The molecule has 4 nitrogen and oxygen atoms in total. The molecule has 0 aliphatic heterocycles. The van der Waals surface area contributed by atoms with Crippen LogP contribution in [-0.2, 0) is 0 Å². The van der Waals surface area contributed by atoms with Crippen molar-refractivity contribution < 1.29 is 0 Å². The van der Waals surface area contributed by atoms with E-state index in [1.165, 1.54) is 4.52 Å². The summed E-state index contributed by atoms with van der Waals surface area (Å²) < 4.78 is 1.41. The third-order valence-corrected chi connectivity index (χ3v) is 2.28. The van der Waals surface area contributed by atoms with Gasteiger partial charge in [-0.3, -0.25) is 4.79 Å². The first-order valence-corrected chi connectivity index (χ1v) is 4.67. The molecule has 74 valence electrons. The second-order valence-corrected chi connectivity index (χ2v) is 3.81. The lowest BCUT2D eigenvalue weighted by molar-refractivity contribution is 0.867. The lowest BCUT2D eigenvalue weighted by atomic mass is 10.1. The van der Waals surface area contributed by atoms with Crippen LogP contribution in [0, 0.1) is 6.92 Å². The predicted octanol–water partition coefficient (Wildman–Crippen LogP) is 1.45. The number of H-pyrrole nitrogens is 1. The number of hydrogen-bond acceptors (Lipinski definition) is 2. The number of fused-ring (bicyclic) bond motifs is 1. The van der Waals surface area contributed by atoms with Gasteiger partial charge in [0.05, 0.1) is 6.20 Å². The molecule has 0 bridgehead atoms. The van der Waals surface area contributed by atoms with Crippen molar-refractivity contribution in [1.29, 1.82) is 0 Å². The van der Waals surface area contributed by atoms with Crippen molar-refractivity contribution in [2.75, 3.05) is 0 Å². The molecule has 14 heavy (non-hydrogen) atoms. The second-order valence-electron chi connectivity index (χ2n) is 3.81. The molecule has 0 radical (unpaired) electrons. The molecule has 4 heteroatoms. The SMILES string of the molecule is Cc1cc(=O)n2ncc(C(C)C)c2[nH]1. The molecule has 2 rings (SSSR count). The van der Waals surface area contributed by atoms with Gasteiger partial charge in [-0.1, -0.05) is 13.8 Å². The zero-order chi connectivity index (χ0) is 10.3. The van der Waals surface area contributed by atoms with E-state index in [9.17, 15) is 4.79 Å². The molecular formula is C10H13N3O. The van der Waals surface area contributed by atoms with E-state index in [1.54, 1.807) is 12.3 Å². The number of aryl methyl sites for hydroxylation is 1. The van der Waals surface area contributed by atoms with Gasteiger partial charge in [-0.15, -0.1) is 0 Å². The van der Waals surface area contributed by atoms with Crippen LogP contribution in [-0.4, -0.2) is 14.6 Å². The molecule has 0 fully saturated rings. The molecule has 0 saturated carbocycles. The van der Waals surface area contributed by atoms with Crippen LogP contribution >= 0.6 is 0 Å². The number of nitrogens with zero attached hydrogens (tertiary/aromatic N) is 2. The van der Waals surface area contributed by atoms with Crippen molar-refractivity contribution in [1.82, 2.24) is 14.6 Å². The van der Waals surface area contributed by atoms with E-state index in [4.69, 9.17) is 0 Å². The van der Waals surface area contributed by atoms with Crippen LogP contribution < -0.4 is 5.56 Å². The maximum absolute atomic E-state index is 11.5. The molecule has 0 aliphatic rings. The van der Waals surface area contributed by atoms with Crippen molar-refractivity contribution in [3.8, 4) is 0 Å². The number of hydrogen-bond donors (Lipinski definition) is 1. The average molecular weight is 191 g/mol. The third-order valence-electron chi connectivity index (χ3n) is 2.28. The highest BCUT2D eigenvalue weighted by molar-refractivity contribution is 5.48. The van der Waals surface area contributed by atoms with Crippen molar-refractivity contribution in [2.45, 2.75) is 26.7 Å². The van der Waals surface area contributed by atoms with Crippen molar-refractivity contribution >= 4 is 5.65 Å². The van der Waals surface area contributed by atoms with E-state index < -0.39 is 0 Å². The monoisotopic (exact) mass is 191 g/mol. The molecule has 0 amide bonds. The molecule has 2 heterocycles. The smallest absolute Gasteiger partial charge is 0.274 e. The first-order valence-electron chi connectivity index (χ1n) is 4.67. The second kappa shape index (κ2) is 2.97. The molecule has 1 N–H and O–H groups in total. The average Bonchev–Trinajstić information content (AvgIpc) is 2.47. The molecule has 2 aromatic heterocycles. The first kappa shape index (κ1) is 8.99. The van der Waals surface area contributed by atoms with E-state index in [1.807, 2.05) is 6.92 Å². The Balaban J connectivity index is 2.85. The summed E-state index contributed by atoms with van der Waals surface area (Å²) in [5.74, 6) is 0.366.